The summed E-state index contributed by atoms with van der Waals surface area (Å²) in [5.41, 5.74) is 1.45. The maximum atomic E-state index is 13.0. The third-order valence-electron chi connectivity index (χ3n) is 10.4. The van der Waals surface area contributed by atoms with E-state index in [1.54, 1.807) is 55.4 Å². The first-order chi connectivity index (χ1) is 20.4. The van der Waals surface area contributed by atoms with E-state index >= 15 is 0 Å². The van der Waals surface area contributed by atoms with E-state index in [1.807, 2.05) is 96.7 Å². The van der Waals surface area contributed by atoms with E-state index in [1.165, 1.54) is 0 Å². The van der Waals surface area contributed by atoms with E-state index < -0.39 is 22.2 Å². The number of hydrogen-bond acceptors (Lipinski definition) is 6. The van der Waals surface area contributed by atoms with Crippen LogP contribution in [0, 0.1) is 10.4 Å². The summed E-state index contributed by atoms with van der Waals surface area (Å²) in [6, 6.07) is 22.9. The predicted molar refractivity (Wildman–Crippen MR) is 172 cm³/mol. The summed E-state index contributed by atoms with van der Waals surface area (Å²) in [5.74, 6) is 0.250. The first-order valence-corrected chi connectivity index (χ1v) is 14.8. The predicted octanol–water partition coefficient (Wildman–Crippen LogP) is 6.17. The number of rotatable bonds is 6. The highest BCUT2D eigenvalue weighted by atomic mass is 16.5. The van der Waals surface area contributed by atoms with Crippen molar-refractivity contribution in [2.75, 3.05) is 23.9 Å². The van der Waals surface area contributed by atoms with Crippen molar-refractivity contribution in [1.82, 2.24) is 10.1 Å². The number of benzene rings is 3. The molecule has 10 heteroatoms. The van der Waals surface area contributed by atoms with E-state index in [0.717, 1.165) is 42.4 Å². The highest BCUT2D eigenvalue weighted by Crippen LogP contribution is 2.39. The molecule has 3 aromatic carbocycles. The summed E-state index contributed by atoms with van der Waals surface area (Å²) in [6.07, 6.45) is 0. The van der Waals surface area contributed by atoms with Gasteiger partial charge in [-0.15, -0.1) is 0 Å². The van der Waals surface area contributed by atoms with E-state index in [9.17, 15) is 20.8 Å². The lowest BCUT2D eigenvalue weighted by molar-refractivity contribution is -0.539. The minimum Gasteiger partial charge on any atom is -0.714 e. The summed E-state index contributed by atoms with van der Waals surface area (Å²) in [6.45, 7) is 14.3. The van der Waals surface area contributed by atoms with Crippen molar-refractivity contribution in [3.05, 3.63) is 94.3 Å². The number of anilines is 4. The van der Waals surface area contributed by atoms with Crippen molar-refractivity contribution in [3.8, 4) is 0 Å². The molecule has 0 amide bonds. The SMILES string of the molecule is CN(c1ccc(C2=[N+]([O-])C(C)(C)C(C)(C)N2[O])cc1)c1ccc(N(C)c2ccc(C3=[N+]([O-])C(C)(C)C(C)(C)N3[O])cc2)cc1. The number of amidine groups is 2. The second-order valence-electron chi connectivity index (χ2n) is 13.8. The topological polar surface area (TPSA) is 105 Å². The van der Waals surface area contributed by atoms with Gasteiger partial charge in [-0.25, -0.2) is 0 Å². The lowest BCUT2D eigenvalue weighted by atomic mass is 9.84. The highest BCUT2D eigenvalue weighted by Gasteiger charge is 2.61. The molecule has 2 heterocycles. The highest BCUT2D eigenvalue weighted by molar-refractivity contribution is 5.97. The van der Waals surface area contributed by atoms with Crippen molar-refractivity contribution in [2.24, 2.45) is 0 Å². The van der Waals surface area contributed by atoms with Gasteiger partial charge in [0.05, 0.1) is 11.1 Å². The Morgan fingerprint density at radius 1 is 0.500 bits per heavy atom. The zero-order chi connectivity index (χ0) is 32.6. The van der Waals surface area contributed by atoms with Gasteiger partial charge in [-0.05, 0) is 128 Å². The minimum atomic E-state index is -0.865. The van der Waals surface area contributed by atoms with Crippen LogP contribution in [0.1, 0.15) is 66.5 Å². The molecule has 44 heavy (non-hydrogen) atoms. The van der Waals surface area contributed by atoms with Gasteiger partial charge in [0.15, 0.2) is 11.1 Å². The Hall–Kier alpha value is -4.28. The lowest BCUT2D eigenvalue weighted by Gasteiger charge is -2.32. The van der Waals surface area contributed by atoms with Crippen LogP contribution >= 0.6 is 0 Å². The van der Waals surface area contributed by atoms with Crippen LogP contribution in [-0.4, -0.2) is 67.5 Å². The third-order valence-corrected chi connectivity index (χ3v) is 10.4. The molecule has 0 unspecified atom stereocenters. The van der Waals surface area contributed by atoms with Gasteiger partial charge in [0, 0.05) is 47.3 Å². The van der Waals surface area contributed by atoms with E-state index in [0.29, 0.717) is 11.1 Å². The van der Waals surface area contributed by atoms with Crippen molar-refractivity contribution >= 4 is 34.4 Å². The van der Waals surface area contributed by atoms with Crippen LogP contribution in [-0.2, 0) is 10.4 Å². The molecule has 2 radical (unpaired) electrons. The van der Waals surface area contributed by atoms with Crippen LogP contribution in [0.15, 0.2) is 72.8 Å². The van der Waals surface area contributed by atoms with Gasteiger partial charge in [-0.3, -0.25) is 9.48 Å². The molecule has 0 spiro atoms. The molecule has 2 aliphatic rings. The zero-order valence-corrected chi connectivity index (χ0v) is 27.2. The summed E-state index contributed by atoms with van der Waals surface area (Å²) in [4.78, 5) is 4.06. The number of hydroxylamine groups is 6. The molecule has 0 aromatic heterocycles. The van der Waals surface area contributed by atoms with Gasteiger partial charge in [0.2, 0.25) is 0 Å². The maximum Gasteiger partial charge on any atom is 0.316 e. The lowest BCUT2D eigenvalue weighted by Crippen LogP contribution is -2.53. The second kappa shape index (κ2) is 10.1. The average Bonchev–Trinajstić information content (AvgIpc) is 3.20. The van der Waals surface area contributed by atoms with Gasteiger partial charge >= 0.3 is 11.7 Å². The molecule has 2 aliphatic heterocycles. The van der Waals surface area contributed by atoms with E-state index in [2.05, 4.69) is 0 Å². The van der Waals surface area contributed by atoms with Gasteiger partial charge in [0.25, 0.3) is 0 Å². The monoisotopic (exact) mass is 598 g/mol. The van der Waals surface area contributed by atoms with Gasteiger partial charge < -0.3 is 20.2 Å². The van der Waals surface area contributed by atoms with Crippen molar-refractivity contribution < 1.29 is 19.9 Å². The second-order valence-corrected chi connectivity index (χ2v) is 13.8. The molecular formula is C34H42N6O4. The fraction of sp³-hybridized carbons (Fsp3) is 0.412. The quantitative estimate of drug-likeness (QED) is 0.248. The molecule has 0 N–H and O–H groups in total. The minimum absolute atomic E-state index is 0.125. The van der Waals surface area contributed by atoms with Gasteiger partial charge in [-0.1, -0.05) is 10.1 Å². The fourth-order valence-electron chi connectivity index (χ4n) is 5.55. The molecule has 0 aliphatic carbocycles. The Morgan fingerprint density at radius 3 is 0.932 bits per heavy atom. The average molecular weight is 599 g/mol. The summed E-state index contributed by atoms with van der Waals surface area (Å²) in [5, 5.41) is 53.8. The third kappa shape index (κ3) is 4.38. The van der Waals surface area contributed by atoms with Gasteiger partial charge in [0.1, 0.15) is 11.1 Å². The van der Waals surface area contributed by atoms with Crippen LogP contribution < -0.4 is 9.80 Å². The smallest absolute Gasteiger partial charge is 0.316 e. The molecule has 0 fully saturated rings. The Kier molecular flexibility index (Phi) is 7.18. The first kappa shape index (κ1) is 31.2. The number of hydrogen-bond donors (Lipinski definition) is 0. The zero-order valence-electron chi connectivity index (χ0n) is 27.2. The summed E-state index contributed by atoms with van der Waals surface area (Å²) < 4.78 is 1.65. The van der Waals surface area contributed by atoms with E-state index in [4.69, 9.17) is 0 Å². The molecule has 0 saturated carbocycles. The Balaban J connectivity index is 1.31. The molecule has 0 saturated heterocycles. The molecule has 232 valence electrons. The van der Waals surface area contributed by atoms with Crippen LogP contribution in [0.4, 0.5) is 22.7 Å². The van der Waals surface area contributed by atoms with Crippen molar-refractivity contribution in [3.63, 3.8) is 0 Å². The van der Waals surface area contributed by atoms with Crippen molar-refractivity contribution in [2.45, 2.75) is 77.5 Å². The molecule has 0 atom stereocenters. The first-order valence-electron chi connectivity index (χ1n) is 14.8. The van der Waals surface area contributed by atoms with Gasteiger partial charge in [-0.2, -0.15) is 0 Å². The Labute approximate surface area is 260 Å². The van der Waals surface area contributed by atoms with E-state index in [-0.39, 0.29) is 11.7 Å². The molecule has 0 bridgehead atoms. The Morgan fingerprint density at radius 2 is 0.727 bits per heavy atom. The van der Waals surface area contributed by atoms with Crippen LogP contribution in [0.25, 0.3) is 0 Å². The molecule has 10 nitrogen and oxygen atoms in total. The summed E-state index contributed by atoms with van der Waals surface area (Å²) in [7, 11) is 3.92. The fourth-order valence-corrected chi connectivity index (χ4v) is 5.55. The maximum absolute atomic E-state index is 13.0. The summed E-state index contributed by atoms with van der Waals surface area (Å²) >= 11 is 0. The molecule has 3 aromatic rings. The number of nitrogens with zero attached hydrogens (tertiary/aromatic N) is 6. The molecule has 5 rings (SSSR count). The van der Waals surface area contributed by atoms with Crippen LogP contribution in [0.5, 0.6) is 0 Å². The van der Waals surface area contributed by atoms with Crippen LogP contribution in [0.2, 0.25) is 0 Å². The standard InChI is InChI=1S/C34H42N6O4/c1-31(2)32(3,4)38(42)29(37(31)41)23-11-15-25(16-12-23)35(9)27-19-21-28(22-20-27)36(10)26-17-13-24(14-18-26)30-39(43)33(5,6)34(7,8)40(30)44/h11-22H,1-10H3. The van der Waals surface area contributed by atoms with Crippen LogP contribution in [0.3, 0.4) is 0 Å². The molecular weight excluding hydrogens is 556 g/mol. The Bertz CT molecular complexity index is 1500. The largest absolute Gasteiger partial charge is 0.714 e. The normalized spacial score (nSPS) is 20.0. The van der Waals surface area contributed by atoms with Crippen molar-refractivity contribution in [1.29, 1.82) is 0 Å².